The van der Waals surface area contributed by atoms with E-state index in [-0.39, 0.29) is 6.61 Å². The summed E-state index contributed by atoms with van der Waals surface area (Å²) < 4.78 is 2.99. The second-order valence-electron chi connectivity index (χ2n) is 4.86. The molecule has 2 rings (SSSR count). The Morgan fingerprint density at radius 1 is 1.26 bits per heavy atom. The van der Waals surface area contributed by atoms with Crippen molar-refractivity contribution < 1.29 is 5.11 Å². The van der Waals surface area contributed by atoms with Crippen LogP contribution in [-0.2, 0) is 19.9 Å². The van der Waals surface area contributed by atoms with E-state index in [1.54, 1.807) is 0 Å². The number of rotatable bonds is 6. The Morgan fingerprint density at radius 2 is 2.00 bits per heavy atom. The average molecular weight is 323 g/mol. The van der Waals surface area contributed by atoms with E-state index in [2.05, 4.69) is 33.2 Å². The van der Waals surface area contributed by atoms with Gasteiger partial charge in [-0.15, -0.1) is 0 Å². The Kier molecular flexibility index (Phi) is 5.16. The number of halogens is 1. The summed E-state index contributed by atoms with van der Waals surface area (Å²) in [5.74, 6) is 0.302. The molecule has 0 aliphatic rings. The van der Waals surface area contributed by atoms with Crippen molar-refractivity contribution in [1.29, 1.82) is 0 Å². The van der Waals surface area contributed by atoms with E-state index in [0.717, 1.165) is 23.7 Å². The third-order valence-electron chi connectivity index (χ3n) is 3.43. The molecule has 19 heavy (non-hydrogen) atoms. The molecule has 0 saturated heterocycles. The van der Waals surface area contributed by atoms with Gasteiger partial charge in [0.2, 0.25) is 0 Å². The molecule has 1 unspecified atom stereocenters. The number of hydrogen-bond acceptors (Lipinski definition) is 2. The SMILES string of the molecule is Cn1nccc1CCC(CO)Cc1ccc(Br)cc1. The molecule has 2 aromatic rings. The normalized spacial score (nSPS) is 12.6. The van der Waals surface area contributed by atoms with Crippen LogP contribution in [0.5, 0.6) is 0 Å². The Hall–Kier alpha value is -1.13. The zero-order chi connectivity index (χ0) is 13.7. The van der Waals surface area contributed by atoms with Crippen LogP contribution in [0, 0.1) is 5.92 Å². The molecule has 1 aromatic heterocycles. The monoisotopic (exact) mass is 322 g/mol. The van der Waals surface area contributed by atoms with Crippen molar-refractivity contribution in [1.82, 2.24) is 9.78 Å². The van der Waals surface area contributed by atoms with Gasteiger partial charge in [0.25, 0.3) is 0 Å². The number of nitrogens with zero attached hydrogens (tertiary/aromatic N) is 2. The van der Waals surface area contributed by atoms with Crippen LogP contribution in [0.25, 0.3) is 0 Å². The van der Waals surface area contributed by atoms with Gasteiger partial charge < -0.3 is 5.11 Å². The molecule has 0 saturated carbocycles. The molecular formula is C15H19BrN2O. The maximum atomic E-state index is 9.51. The van der Waals surface area contributed by atoms with Crippen molar-refractivity contribution in [3.8, 4) is 0 Å². The fourth-order valence-electron chi connectivity index (χ4n) is 2.21. The molecule has 0 amide bonds. The predicted octanol–water partition coefficient (Wildman–Crippen LogP) is 2.97. The van der Waals surface area contributed by atoms with Crippen molar-refractivity contribution in [2.75, 3.05) is 6.61 Å². The lowest BCUT2D eigenvalue weighted by Crippen LogP contribution is -2.12. The van der Waals surface area contributed by atoms with Gasteiger partial charge in [-0.2, -0.15) is 5.10 Å². The molecule has 3 nitrogen and oxygen atoms in total. The smallest absolute Gasteiger partial charge is 0.0492 e. The van der Waals surface area contributed by atoms with Crippen LogP contribution in [0.15, 0.2) is 41.0 Å². The van der Waals surface area contributed by atoms with E-state index in [0.29, 0.717) is 5.92 Å². The van der Waals surface area contributed by atoms with Gasteiger partial charge in [0.1, 0.15) is 0 Å². The van der Waals surface area contributed by atoms with Crippen molar-refractivity contribution in [2.45, 2.75) is 19.3 Å². The third kappa shape index (κ3) is 4.18. The molecule has 0 fully saturated rings. The summed E-state index contributed by atoms with van der Waals surface area (Å²) in [4.78, 5) is 0. The number of aryl methyl sites for hydroxylation is 2. The highest BCUT2D eigenvalue weighted by Gasteiger charge is 2.10. The number of aliphatic hydroxyl groups is 1. The second kappa shape index (κ2) is 6.87. The van der Waals surface area contributed by atoms with E-state index in [9.17, 15) is 5.11 Å². The number of aliphatic hydroxyl groups excluding tert-OH is 1. The zero-order valence-electron chi connectivity index (χ0n) is 11.1. The Balaban J connectivity index is 1.90. The minimum atomic E-state index is 0.230. The average Bonchev–Trinajstić information content (AvgIpc) is 2.82. The number of aromatic nitrogens is 2. The van der Waals surface area contributed by atoms with Gasteiger partial charge in [-0.25, -0.2) is 0 Å². The van der Waals surface area contributed by atoms with Gasteiger partial charge in [0.15, 0.2) is 0 Å². The molecule has 1 atom stereocenters. The van der Waals surface area contributed by atoms with Gasteiger partial charge in [-0.3, -0.25) is 4.68 Å². The van der Waals surface area contributed by atoms with Gasteiger partial charge in [-0.1, -0.05) is 28.1 Å². The predicted molar refractivity (Wildman–Crippen MR) is 80.0 cm³/mol. The summed E-state index contributed by atoms with van der Waals surface area (Å²) in [6.07, 6.45) is 4.67. The molecule has 1 N–H and O–H groups in total. The standard InChI is InChI=1S/C15H19BrN2O/c1-18-15(8-9-17-18)7-4-13(11-19)10-12-2-5-14(16)6-3-12/h2-3,5-6,8-9,13,19H,4,7,10-11H2,1H3. The first kappa shape index (κ1) is 14.3. The summed E-state index contributed by atoms with van der Waals surface area (Å²) in [5.41, 5.74) is 2.49. The maximum Gasteiger partial charge on any atom is 0.0492 e. The molecule has 0 aliphatic carbocycles. The molecule has 1 heterocycles. The van der Waals surface area contributed by atoms with Crippen LogP contribution in [0.3, 0.4) is 0 Å². The van der Waals surface area contributed by atoms with Crippen molar-refractivity contribution in [3.63, 3.8) is 0 Å². The lowest BCUT2D eigenvalue weighted by molar-refractivity contribution is 0.217. The molecule has 0 spiro atoms. The number of benzene rings is 1. The van der Waals surface area contributed by atoms with Crippen LogP contribution >= 0.6 is 15.9 Å². The van der Waals surface area contributed by atoms with Gasteiger partial charge in [-0.05, 0) is 48.9 Å². The summed E-state index contributed by atoms with van der Waals surface area (Å²) in [7, 11) is 1.96. The fourth-order valence-corrected chi connectivity index (χ4v) is 2.47. The van der Waals surface area contributed by atoms with Crippen LogP contribution in [0.1, 0.15) is 17.7 Å². The first-order valence-corrected chi connectivity index (χ1v) is 7.30. The highest BCUT2D eigenvalue weighted by Crippen LogP contribution is 2.17. The molecular weight excluding hydrogens is 304 g/mol. The van der Waals surface area contributed by atoms with E-state index >= 15 is 0 Å². The lowest BCUT2D eigenvalue weighted by Gasteiger charge is -2.14. The van der Waals surface area contributed by atoms with Gasteiger partial charge in [0.05, 0.1) is 0 Å². The first-order valence-electron chi connectivity index (χ1n) is 6.51. The van der Waals surface area contributed by atoms with Crippen molar-refractivity contribution >= 4 is 15.9 Å². The van der Waals surface area contributed by atoms with Crippen LogP contribution in [-0.4, -0.2) is 21.5 Å². The van der Waals surface area contributed by atoms with E-state index < -0.39 is 0 Å². The van der Waals surface area contributed by atoms with Gasteiger partial charge >= 0.3 is 0 Å². The number of hydrogen-bond donors (Lipinski definition) is 1. The minimum Gasteiger partial charge on any atom is -0.396 e. The Bertz CT molecular complexity index is 507. The summed E-state index contributed by atoms with van der Waals surface area (Å²) in [6.45, 7) is 0.230. The minimum absolute atomic E-state index is 0.230. The maximum absolute atomic E-state index is 9.51. The summed E-state index contributed by atoms with van der Waals surface area (Å²) >= 11 is 3.43. The Morgan fingerprint density at radius 3 is 2.58 bits per heavy atom. The molecule has 1 aromatic carbocycles. The van der Waals surface area contributed by atoms with Crippen molar-refractivity contribution in [3.05, 3.63) is 52.3 Å². The molecule has 102 valence electrons. The largest absolute Gasteiger partial charge is 0.396 e. The first-order chi connectivity index (χ1) is 9.19. The van der Waals surface area contributed by atoms with Crippen LogP contribution < -0.4 is 0 Å². The van der Waals surface area contributed by atoms with Crippen molar-refractivity contribution in [2.24, 2.45) is 13.0 Å². The van der Waals surface area contributed by atoms with Gasteiger partial charge in [0, 0.05) is 30.0 Å². The molecule has 4 heteroatoms. The van der Waals surface area contributed by atoms with Crippen LogP contribution in [0.2, 0.25) is 0 Å². The topological polar surface area (TPSA) is 38.0 Å². The molecule has 0 bridgehead atoms. The quantitative estimate of drug-likeness (QED) is 0.887. The third-order valence-corrected chi connectivity index (χ3v) is 3.96. The molecule has 0 radical (unpaired) electrons. The van der Waals surface area contributed by atoms with E-state index in [4.69, 9.17) is 0 Å². The fraction of sp³-hybridized carbons (Fsp3) is 0.400. The molecule has 0 aliphatic heterocycles. The van der Waals surface area contributed by atoms with E-state index in [1.165, 1.54) is 11.3 Å². The second-order valence-corrected chi connectivity index (χ2v) is 5.78. The Labute approximate surface area is 122 Å². The highest BCUT2D eigenvalue weighted by atomic mass is 79.9. The summed E-state index contributed by atoms with van der Waals surface area (Å²) in [5, 5.41) is 13.7. The van der Waals surface area contributed by atoms with Crippen LogP contribution in [0.4, 0.5) is 0 Å². The van der Waals surface area contributed by atoms with E-state index in [1.807, 2.05) is 36.1 Å². The zero-order valence-corrected chi connectivity index (χ0v) is 12.7. The highest BCUT2D eigenvalue weighted by molar-refractivity contribution is 9.10. The lowest BCUT2D eigenvalue weighted by atomic mass is 9.95. The summed E-state index contributed by atoms with van der Waals surface area (Å²) in [6, 6.07) is 10.3.